The number of aliphatic carboxylic acids is 3. The van der Waals surface area contributed by atoms with Crippen LogP contribution < -0.4 is 0 Å². The molecule has 0 aliphatic heterocycles. The van der Waals surface area contributed by atoms with E-state index in [0.29, 0.717) is 0 Å². The molecule has 0 saturated carbocycles. The summed E-state index contributed by atoms with van der Waals surface area (Å²) in [7, 11) is 0. The Labute approximate surface area is 79.5 Å². The Morgan fingerprint density at radius 3 is 1.57 bits per heavy atom. The van der Waals surface area contributed by atoms with Crippen LogP contribution in [0.1, 0.15) is 19.8 Å². The molecule has 3 N–H and O–H groups in total. The van der Waals surface area contributed by atoms with Gasteiger partial charge in [-0.3, -0.25) is 4.79 Å². The number of hydrogen-bond acceptors (Lipinski definition) is 3. The average Bonchev–Trinajstić information content (AvgIpc) is 2.02. The number of carbonyl (C=O) groups is 3. The van der Waals surface area contributed by atoms with Crippen LogP contribution in [0.2, 0.25) is 0 Å². The van der Waals surface area contributed by atoms with Crippen LogP contribution in [0.3, 0.4) is 0 Å². The third kappa shape index (κ3) is 3.26. The fourth-order valence-corrected chi connectivity index (χ4v) is 0.956. The first-order valence-corrected chi connectivity index (χ1v) is 3.80. The van der Waals surface area contributed by atoms with Crippen LogP contribution in [0.4, 0.5) is 0 Å². The standard InChI is InChI=1S/C8H10O6/c1-2-4(7(11)12)5(8(13)14)3-6(9)10/h2-3H2,1H3,(H,9,10)(H,11,12)(H,13,14)/b5-4+. The fraction of sp³-hybridized carbons (Fsp3) is 0.375. The SMILES string of the molecule is CC/C(C(=O)O)=C(/CC(=O)O)C(=O)O. The van der Waals surface area contributed by atoms with Crippen LogP contribution in [-0.2, 0) is 14.4 Å². The Bertz CT molecular complexity index is 301. The van der Waals surface area contributed by atoms with Gasteiger partial charge in [0.25, 0.3) is 0 Å². The van der Waals surface area contributed by atoms with Crippen molar-refractivity contribution in [2.75, 3.05) is 0 Å². The molecule has 0 aliphatic rings. The molecule has 0 saturated heterocycles. The average molecular weight is 202 g/mol. The molecule has 0 aliphatic carbocycles. The number of carboxylic acids is 3. The highest BCUT2D eigenvalue weighted by Crippen LogP contribution is 2.13. The van der Waals surface area contributed by atoms with Crippen LogP contribution >= 0.6 is 0 Å². The predicted octanol–water partition coefficient (Wildman–Crippen LogP) is 0.337. The predicted molar refractivity (Wildman–Crippen MR) is 44.8 cm³/mol. The highest BCUT2D eigenvalue weighted by atomic mass is 16.4. The zero-order chi connectivity index (χ0) is 11.3. The van der Waals surface area contributed by atoms with Gasteiger partial charge in [-0.1, -0.05) is 6.92 Å². The van der Waals surface area contributed by atoms with Crippen LogP contribution in [0.15, 0.2) is 11.1 Å². The van der Waals surface area contributed by atoms with Crippen LogP contribution in [0.5, 0.6) is 0 Å². The molecule has 0 unspecified atom stereocenters. The maximum atomic E-state index is 10.6. The largest absolute Gasteiger partial charge is 0.481 e. The van der Waals surface area contributed by atoms with E-state index in [2.05, 4.69) is 0 Å². The van der Waals surface area contributed by atoms with E-state index < -0.39 is 29.9 Å². The molecule has 0 atom stereocenters. The van der Waals surface area contributed by atoms with Gasteiger partial charge in [0.15, 0.2) is 0 Å². The second-order valence-electron chi connectivity index (χ2n) is 2.49. The molecule has 6 heteroatoms. The Hall–Kier alpha value is -1.85. The van der Waals surface area contributed by atoms with E-state index in [1.165, 1.54) is 6.92 Å². The molecule has 78 valence electrons. The molecule has 0 bridgehead atoms. The van der Waals surface area contributed by atoms with Gasteiger partial charge in [-0.25, -0.2) is 9.59 Å². The Balaban J connectivity index is 5.20. The molecule has 6 nitrogen and oxygen atoms in total. The van der Waals surface area contributed by atoms with E-state index in [9.17, 15) is 14.4 Å². The molecule has 0 heterocycles. The quantitative estimate of drug-likeness (QED) is 0.554. The van der Waals surface area contributed by atoms with Gasteiger partial charge in [0.2, 0.25) is 0 Å². The first-order valence-electron chi connectivity index (χ1n) is 3.80. The number of carboxylic acid groups (broad SMARTS) is 3. The topological polar surface area (TPSA) is 112 Å². The van der Waals surface area contributed by atoms with Gasteiger partial charge in [0.1, 0.15) is 0 Å². The van der Waals surface area contributed by atoms with Gasteiger partial charge >= 0.3 is 17.9 Å². The minimum absolute atomic E-state index is 0.0236. The summed E-state index contributed by atoms with van der Waals surface area (Å²) in [5.41, 5.74) is -0.951. The van der Waals surface area contributed by atoms with E-state index in [1.54, 1.807) is 0 Å². The van der Waals surface area contributed by atoms with E-state index in [0.717, 1.165) is 0 Å². The molecule has 0 radical (unpaired) electrons. The molecule has 0 aromatic heterocycles. The van der Waals surface area contributed by atoms with Gasteiger partial charge in [-0.15, -0.1) is 0 Å². The lowest BCUT2D eigenvalue weighted by Crippen LogP contribution is -2.14. The Morgan fingerprint density at radius 2 is 1.36 bits per heavy atom. The molecular weight excluding hydrogens is 192 g/mol. The third-order valence-corrected chi connectivity index (χ3v) is 1.56. The number of hydrogen-bond donors (Lipinski definition) is 3. The minimum atomic E-state index is -1.51. The van der Waals surface area contributed by atoms with Crippen molar-refractivity contribution in [3.63, 3.8) is 0 Å². The Kier molecular flexibility index (Phi) is 4.34. The van der Waals surface area contributed by atoms with Crippen molar-refractivity contribution < 1.29 is 29.7 Å². The lowest BCUT2D eigenvalue weighted by molar-refractivity contribution is -0.140. The van der Waals surface area contributed by atoms with Crippen LogP contribution in [0, 0.1) is 0 Å². The highest BCUT2D eigenvalue weighted by Gasteiger charge is 2.20. The van der Waals surface area contributed by atoms with Gasteiger partial charge in [-0.2, -0.15) is 0 Å². The summed E-state index contributed by atoms with van der Waals surface area (Å²) < 4.78 is 0. The van der Waals surface area contributed by atoms with Crippen LogP contribution in [0.25, 0.3) is 0 Å². The second kappa shape index (κ2) is 5.00. The zero-order valence-corrected chi connectivity index (χ0v) is 7.48. The zero-order valence-electron chi connectivity index (χ0n) is 7.48. The van der Waals surface area contributed by atoms with Crippen molar-refractivity contribution >= 4 is 17.9 Å². The Morgan fingerprint density at radius 1 is 0.929 bits per heavy atom. The molecule has 0 amide bonds. The summed E-state index contributed by atoms with van der Waals surface area (Å²) in [6.07, 6.45) is -0.810. The molecule has 14 heavy (non-hydrogen) atoms. The third-order valence-electron chi connectivity index (χ3n) is 1.56. The normalized spacial score (nSPS) is 11.8. The summed E-state index contributed by atoms with van der Waals surface area (Å²) in [4.78, 5) is 31.4. The maximum absolute atomic E-state index is 10.6. The molecular formula is C8H10O6. The van der Waals surface area contributed by atoms with Gasteiger partial charge < -0.3 is 15.3 Å². The molecule has 0 fully saturated rings. The van der Waals surface area contributed by atoms with Gasteiger partial charge in [0.05, 0.1) is 12.0 Å². The van der Waals surface area contributed by atoms with E-state index in [1.807, 2.05) is 0 Å². The van der Waals surface area contributed by atoms with Crippen molar-refractivity contribution in [2.24, 2.45) is 0 Å². The fourth-order valence-electron chi connectivity index (χ4n) is 0.956. The van der Waals surface area contributed by atoms with Gasteiger partial charge in [-0.05, 0) is 6.42 Å². The second-order valence-corrected chi connectivity index (χ2v) is 2.49. The lowest BCUT2D eigenvalue weighted by Gasteiger charge is -2.03. The lowest BCUT2D eigenvalue weighted by atomic mass is 10.0. The van der Waals surface area contributed by atoms with Crippen molar-refractivity contribution in [1.82, 2.24) is 0 Å². The van der Waals surface area contributed by atoms with Crippen molar-refractivity contribution in [3.8, 4) is 0 Å². The summed E-state index contributed by atoms with van der Waals surface area (Å²) in [6, 6.07) is 0. The number of rotatable bonds is 5. The van der Waals surface area contributed by atoms with Crippen molar-refractivity contribution in [3.05, 3.63) is 11.1 Å². The molecule has 0 spiro atoms. The highest BCUT2D eigenvalue weighted by molar-refractivity contribution is 6.01. The monoisotopic (exact) mass is 202 g/mol. The minimum Gasteiger partial charge on any atom is -0.481 e. The summed E-state index contributed by atoms with van der Waals surface area (Å²) in [5, 5.41) is 25.5. The van der Waals surface area contributed by atoms with Crippen LogP contribution in [-0.4, -0.2) is 33.2 Å². The van der Waals surface area contributed by atoms with E-state index >= 15 is 0 Å². The smallest absolute Gasteiger partial charge is 0.332 e. The maximum Gasteiger partial charge on any atom is 0.332 e. The van der Waals surface area contributed by atoms with E-state index in [-0.39, 0.29) is 12.0 Å². The summed E-state index contributed by atoms with van der Waals surface area (Å²) in [5.74, 6) is -4.27. The van der Waals surface area contributed by atoms with Crippen molar-refractivity contribution in [2.45, 2.75) is 19.8 Å². The molecule has 0 rings (SSSR count). The molecule has 0 aromatic rings. The summed E-state index contributed by atoms with van der Waals surface area (Å²) in [6.45, 7) is 1.45. The first-order chi connectivity index (χ1) is 6.40. The first kappa shape index (κ1) is 12.2. The summed E-state index contributed by atoms with van der Waals surface area (Å²) >= 11 is 0. The van der Waals surface area contributed by atoms with E-state index in [4.69, 9.17) is 15.3 Å². The van der Waals surface area contributed by atoms with Crippen molar-refractivity contribution in [1.29, 1.82) is 0 Å². The van der Waals surface area contributed by atoms with Gasteiger partial charge in [0, 0.05) is 5.57 Å². The molecule has 0 aromatic carbocycles.